The molecule has 0 aliphatic carbocycles. The molecule has 0 spiro atoms. The second-order valence-electron chi connectivity index (χ2n) is 5.94. The maximum atomic E-state index is 6.21. The molecule has 1 aliphatic rings. The summed E-state index contributed by atoms with van der Waals surface area (Å²) in [7, 11) is 0. The number of nitrogens with zero attached hydrogens (tertiary/aromatic N) is 1. The number of nitrogens with one attached hydrogen (secondary N) is 1. The SMILES string of the molecule is CC(CN1CCOCC1)NCc1ccc(-c2ccccc2Cl)o1. The first-order chi connectivity index (χ1) is 11.2. The Morgan fingerprint density at radius 2 is 1.96 bits per heavy atom. The molecule has 1 aromatic carbocycles. The van der Waals surface area contributed by atoms with E-state index in [1.165, 1.54) is 0 Å². The van der Waals surface area contributed by atoms with Crippen molar-refractivity contribution in [3.8, 4) is 11.3 Å². The van der Waals surface area contributed by atoms with Gasteiger partial charge in [-0.1, -0.05) is 23.7 Å². The van der Waals surface area contributed by atoms with Gasteiger partial charge in [-0.15, -0.1) is 0 Å². The molecule has 4 nitrogen and oxygen atoms in total. The average Bonchev–Trinajstić information content (AvgIpc) is 3.03. The summed E-state index contributed by atoms with van der Waals surface area (Å²) in [5.74, 6) is 1.74. The minimum absolute atomic E-state index is 0.405. The first-order valence-electron chi connectivity index (χ1n) is 8.09. The van der Waals surface area contributed by atoms with Crippen molar-refractivity contribution in [3.05, 3.63) is 47.2 Å². The molecule has 0 saturated carbocycles. The summed E-state index contributed by atoms with van der Waals surface area (Å²) in [6, 6.07) is 12.1. The smallest absolute Gasteiger partial charge is 0.135 e. The number of furan rings is 1. The van der Waals surface area contributed by atoms with E-state index in [-0.39, 0.29) is 0 Å². The van der Waals surface area contributed by atoms with Gasteiger partial charge in [0, 0.05) is 31.2 Å². The Morgan fingerprint density at radius 3 is 2.74 bits per heavy atom. The van der Waals surface area contributed by atoms with Crippen LogP contribution in [0.3, 0.4) is 0 Å². The number of ether oxygens (including phenoxy) is 1. The molecule has 3 rings (SSSR count). The second kappa shape index (κ2) is 7.97. The van der Waals surface area contributed by atoms with Crippen molar-refractivity contribution < 1.29 is 9.15 Å². The molecule has 0 bridgehead atoms. The van der Waals surface area contributed by atoms with Crippen molar-refractivity contribution in [1.29, 1.82) is 0 Å². The van der Waals surface area contributed by atoms with Crippen molar-refractivity contribution in [3.63, 3.8) is 0 Å². The zero-order chi connectivity index (χ0) is 16.1. The van der Waals surface area contributed by atoms with Gasteiger partial charge in [0.25, 0.3) is 0 Å². The van der Waals surface area contributed by atoms with Crippen LogP contribution in [0.1, 0.15) is 12.7 Å². The molecule has 1 fully saturated rings. The molecule has 2 aromatic rings. The van der Waals surface area contributed by atoms with Gasteiger partial charge < -0.3 is 14.5 Å². The van der Waals surface area contributed by atoms with E-state index in [4.69, 9.17) is 20.8 Å². The summed E-state index contributed by atoms with van der Waals surface area (Å²) in [5, 5.41) is 4.23. The van der Waals surface area contributed by atoms with E-state index in [0.717, 1.165) is 56.5 Å². The van der Waals surface area contributed by atoms with Gasteiger partial charge in [-0.25, -0.2) is 0 Å². The van der Waals surface area contributed by atoms with Crippen LogP contribution in [0.4, 0.5) is 0 Å². The zero-order valence-corrected chi connectivity index (χ0v) is 14.2. The van der Waals surface area contributed by atoms with E-state index in [1.54, 1.807) is 0 Å². The van der Waals surface area contributed by atoms with E-state index in [2.05, 4.69) is 17.1 Å². The minimum Gasteiger partial charge on any atom is -0.460 e. The summed E-state index contributed by atoms with van der Waals surface area (Å²) in [6.07, 6.45) is 0. The molecule has 23 heavy (non-hydrogen) atoms. The first kappa shape index (κ1) is 16.5. The fraction of sp³-hybridized carbons (Fsp3) is 0.444. The first-order valence-corrected chi connectivity index (χ1v) is 8.47. The molecule has 1 saturated heterocycles. The molecular weight excluding hydrogens is 312 g/mol. The highest BCUT2D eigenvalue weighted by Crippen LogP contribution is 2.28. The second-order valence-corrected chi connectivity index (χ2v) is 6.35. The molecule has 1 atom stereocenters. The van der Waals surface area contributed by atoms with E-state index in [9.17, 15) is 0 Å². The van der Waals surface area contributed by atoms with Gasteiger partial charge in [-0.3, -0.25) is 4.90 Å². The Labute approximate surface area is 142 Å². The molecule has 5 heteroatoms. The summed E-state index contributed by atoms with van der Waals surface area (Å²) in [4.78, 5) is 2.43. The third kappa shape index (κ3) is 4.58. The lowest BCUT2D eigenvalue weighted by Gasteiger charge is -2.29. The molecular formula is C18H23ClN2O2. The molecule has 0 radical (unpaired) electrons. The summed E-state index contributed by atoms with van der Waals surface area (Å²) < 4.78 is 11.3. The van der Waals surface area contributed by atoms with Crippen molar-refractivity contribution in [2.75, 3.05) is 32.8 Å². The highest BCUT2D eigenvalue weighted by atomic mass is 35.5. The summed E-state index contributed by atoms with van der Waals surface area (Å²) >= 11 is 6.21. The van der Waals surface area contributed by atoms with Crippen molar-refractivity contribution >= 4 is 11.6 Å². The van der Waals surface area contributed by atoms with E-state index < -0.39 is 0 Å². The fourth-order valence-electron chi connectivity index (χ4n) is 2.79. The maximum absolute atomic E-state index is 6.21. The Morgan fingerprint density at radius 1 is 1.17 bits per heavy atom. The fourth-order valence-corrected chi connectivity index (χ4v) is 3.02. The van der Waals surface area contributed by atoms with Crippen LogP contribution < -0.4 is 5.32 Å². The van der Waals surface area contributed by atoms with Gasteiger partial charge in [0.1, 0.15) is 11.5 Å². The van der Waals surface area contributed by atoms with Crippen molar-refractivity contribution in [2.45, 2.75) is 19.5 Å². The van der Waals surface area contributed by atoms with Crippen LogP contribution in [0.2, 0.25) is 5.02 Å². The van der Waals surface area contributed by atoms with Crippen LogP contribution in [0.5, 0.6) is 0 Å². The third-order valence-corrected chi connectivity index (χ3v) is 4.39. The molecule has 1 N–H and O–H groups in total. The van der Waals surface area contributed by atoms with Gasteiger partial charge in [-0.05, 0) is 31.2 Å². The highest BCUT2D eigenvalue weighted by Gasteiger charge is 2.14. The predicted molar refractivity (Wildman–Crippen MR) is 92.7 cm³/mol. The van der Waals surface area contributed by atoms with E-state index in [0.29, 0.717) is 11.1 Å². The summed E-state index contributed by atoms with van der Waals surface area (Å²) in [6.45, 7) is 7.66. The standard InChI is InChI=1S/C18H23ClN2O2/c1-14(13-21-8-10-22-11-9-21)20-12-15-6-7-18(23-15)16-4-2-3-5-17(16)19/h2-7,14,20H,8-13H2,1H3. The monoisotopic (exact) mass is 334 g/mol. The lowest BCUT2D eigenvalue weighted by Crippen LogP contribution is -2.44. The molecule has 1 aliphatic heterocycles. The van der Waals surface area contributed by atoms with Crippen LogP contribution in [-0.2, 0) is 11.3 Å². The van der Waals surface area contributed by atoms with Crippen LogP contribution in [0.15, 0.2) is 40.8 Å². The van der Waals surface area contributed by atoms with Crippen molar-refractivity contribution in [2.24, 2.45) is 0 Å². The van der Waals surface area contributed by atoms with E-state index in [1.807, 2.05) is 36.4 Å². The van der Waals surface area contributed by atoms with Gasteiger partial charge in [0.15, 0.2) is 0 Å². The van der Waals surface area contributed by atoms with Crippen molar-refractivity contribution in [1.82, 2.24) is 10.2 Å². The molecule has 1 unspecified atom stereocenters. The quantitative estimate of drug-likeness (QED) is 0.878. The average molecular weight is 335 g/mol. The minimum atomic E-state index is 0.405. The molecule has 124 valence electrons. The molecule has 2 heterocycles. The summed E-state index contributed by atoms with van der Waals surface area (Å²) in [5.41, 5.74) is 0.932. The molecule has 1 aromatic heterocycles. The number of hydrogen-bond acceptors (Lipinski definition) is 4. The number of benzene rings is 1. The van der Waals surface area contributed by atoms with Gasteiger partial charge >= 0.3 is 0 Å². The van der Waals surface area contributed by atoms with Crippen LogP contribution >= 0.6 is 11.6 Å². The predicted octanol–water partition coefficient (Wildman–Crippen LogP) is 3.41. The molecule has 0 amide bonds. The van der Waals surface area contributed by atoms with Crippen LogP contribution in [-0.4, -0.2) is 43.8 Å². The Bertz CT molecular complexity index is 623. The third-order valence-electron chi connectivity index (χ3n) is 4.06. The lowest BCUT2D eigenvalue weighted by atomic mass is 10.2. The number of halogens is 1. The number of rotatable bonds is 6. The van der Waals surface area contributed by atoms with Crippen LogP contribution in [0.25, 0.3) is 11.3 Å². The maximum Gasteiger partial charge on any atom is 0.135 e. The number of hydrogen-bond donors (Lipinski definition) is 1. The largest absolute Gasteiger partial charge is 0.460 e. The Balaban J connectivity index is 1.52. The van der Waals surface area contributed by atoms with Gasteiger partial charge in [0.05, 0.1) is 24.8 Å². The normalized spacial score (nSPS) is 17.3. The highest BCUT2D eigenvalue weighted by molar-refractivity contribution is 6.33. The van der Waals surface area contributed by atoms with Crippen LogP contribution in [0, 0.1) is 0 Å². The van der Waals surface area contributed by atoms with E-state index >= 15 is 0 Å². The van der Waals surface area contributed by atoms with Gasteiger partial charge in [-0.2, -0.15) is 0 Å². The lowest BCUT2D eigenvalue weighted by molar-refractivity contribution is 0.0342. The zero-order valence-electron chi connectivity index (χ0n) is 13.4. The number of morpholine rings is 1. The van der Waals surface area contributed by atoms with Gasteiger partial charge in [0.2, 0.25) is 0 Å². The Hall–Kier alpha value is -1.33. The Kier molecular flexibility index (Phi) is 5.73. The topological polar surface area (TPSA) is 37.6 Å².